The number of rotatable bonds is 5. The molecule has 0 unspecified atom stereocenters. The summed E-state index contributed by atoms with van der Waals surface area (Å²) in [6.07, 6.45) is 5.03. The van der Waals surface area contributed by atoms with Crippen LogP contribution in [0.25, 0.3) is 0 Å². The Kier molecular flexibility index (Phi) is 8.97. The maximum Gasteiger partial charge on any atom is 0.191 e. The molecule has 0 aromatic heterocycles. The highest BCUT2D eigenvalue weighted by Crippen LogP contribution is 2.27. The first-order valence-corrected chi connectivity index (χ1v) is 8.52. The number of hydrogen-bond donors (Lipinski definition) is 3. The highest BCUT2D eigenvalue weighted by molar-refractivity contribution is 14.0. The Labute approximate surface area is 161 Å². The second-order valence-electron chi connectivity index (χ2n) is 6.42. The van der Waals surface area contributed by atoms with Gasteiger partial charge in [0.05, 0.1) is 12.1 Å². The normalized spacial score (nSPS) is 17.1. The SMILES string of the molecule is CCNC(=NCc1ccc(C)c(F)c1)NCC1(O)CCCCC1.I. The van der Waals surface area contributed by atoms with Crippen LogP contribution < -0.4 is 10.6 Å². The fourth-order valence-electron chi connectivity index (χ4n) is 2.88. The van der Waals surface area contributed by atoms with Crippen LogP contribution in [0.4, 0.5) is 4.39 Å². The topological polar surface area (TPSA) is 56.7 Å². The van der Waals surface area contributed by atoms with Gasteiger partial charge in [-0.2, -0.15) is 0 Å². The number of hydrogen-bond acceptors (Lipinski definition) is 2. The molecule has 2 rings (SSSR count). The Hall–Kier alpha value is -0.890. The summed E-state index contributed by atoms with van der Waals surface area (Å²) in [6.45, 7) is 5.40. The van der Waals surface area contributed by atoms with Crippen LogP contribution in [0, 0.1) is 12.7 Å². The lowest BCUT2D eigenvalue weighted by Gasteiger charge is -2.32. The van der Waals surface area contributed by atoms with Gasteiger partial charge in [0, 0.05) is 13.1 Å². The third-order valence-corrected chi connectivity index (χ3v) is 4.37. The number of aliphatic hydroxyl groups is 1. The minimum Gasteiger partial charge on any atom is -0.388 e. The van der Waals surface area contributed by atoms with Gasteiger partial charge in [-0.3, -0.25) is 0 Å². The summed E-state index contributed by atoms with van der Waals surface area (Å²) < 4.78 is 13.6. The molecular formula is C18H29FIN3O. The van der Waals surface area contributed by atoms with Gasteiger partial charge in [-0.15, -0.1) is 24.0 Å². The molecule has 0 saturated heterocycles. The zero-order valence-electron chi connectivity index (χ0n) is 14.6. The molecular weight excluding hydrogens is 420 g/mol. The van der Waals surface area contributed by atoms with Crippen molar-refractivity contribution in [1.29, 1.82) is 0 Å². The summed E-state index contributed by atoms with van der Waals surface area (Å²) in [7, 11) is 0. The Morgan fingerprint density at radius 3 is 2.58 bits per heavy atom. The summed E-state index contributed by atoms with van der Waals surface area (Å²) in [6, 6.07) is 5.18. The van der Waals surface area contributed by atoms with Crippen molar-refractivity contribution in [3.63, 3.8) is 0 Å². The van der Waals surface area contributed by atoms with Gasteiger partial charge in [0.15, 0.2) is 5.96 Å². The third kappa shape index (κ3) is 6.55. The molecule has 1 fully saturated rings. The Morgan fingerprint density at radius 1 is 1.25 bits per heavy atom. The van der Waals surface area contributed by atoms with Crippen molar-refractivity contribution in [3.05, 3.63) is 35.1 Å². The summed E-state index contributed by atoms with van der Waals surface area (Å²) in [5.74, 6) is 0.458. The van der Waals surface area contributed by atoms with Crippen molar-refractivity contribution in [2.45, 2.75) is 58.1 Å². The predicted octanol–water partition coefficient (Wildman–Crippen LogP) is 3.50. The molecule has 24 heavy (non-hydrogen) atoms. The Balaban J connectivity index is 0.00000288. The van der Waals surface area contributed by atoms with E-state index in [-0.39, 0.29) is 29.8 Å². The molecule has 0 spiro atoms. The molecule has 1 aromatic carbocycles. The van der Waals surface area contributed by atoms with Gasteiger partial charge in [0.2, 0.25) is 0 Å². The van der Waals surface area contributed by atoms with Crippen molar-refractivity contribution >= 4 is 29.9 Å². The first-order chi connectivity index (χ1) is 11.0. The van der Waals surface area contributed by atoms with Crippen molar-refractivity contribution in [1.82, 2.24) is 10.6 Å². The van der Waals surface area contributed by atoms with Gasteiger partial charge in [0.1, 0.15) is 5.82 Å². The van der Waals surface area contributed by atoms with Gasteiger partial charge in [-0.05, 0) is 43.9 Å². The molecule has 6 heteroatoms. The van der Waals surface area contributed by atoms with Crippen LogP contribution in [0.15, 0.2) is 23.2 Å². The van der Waals surface area contributed by atoms with Gasteiger partial charge in [-0.1, -0.05) is 31.4 Å². The number of nitrogens with one attached hydrogen (secondary N) is 2. The van der Waals surface area contributed by atoms with Crippen LogP contribution in [-0.2, 0) is 6.54 Å². The largest absolute Gasteiger partial charge is 0.388 e. The van der Waals surface area contributed by atoms with Crippen LogP contribution in [0.1, 0.15) is 50.2 Å². The summed E-state index contributed by atoms with van der Waals surface area (Å²) in [5, 5.41) is 16.9. The van der Waals surface area contributed by atoms with Gasteiger partial charge in [-0.25, -0.2) is 9.38 Å². The number of halogens is 2. The van der Waals surface area contributed by atoms with Crippen LogP contribution in [-0.4, -0.2) is 29.8 Å². The van der Waals surface area contributed by atoms with Crippen LogP contribution in [0.3, 0.4) is 0 Å². The van der Waals surface area contributed by atoms with E-state index < -0.39 is 5.60 Å². The molecule has 0 amide bonds. The van der Waals surface area contributed by atoms with Crippen molar-refractivity contribution < 1.29 is 9.50 Å². The van der Waals surface area contributed by atoms with E-state index >= 15 is 0 Å². The van der Waals surface area contributed by atoms with E-state index in [9.17, 15) is 9.50 Å². The van der Waals surface area contributed by atoms with E-state index in [4.69, 9.17) is 0 Å². The number of nitrogens with zero attached hydrogens (tertiary/aromatic N) is 1. The first-order valence-electron chi connectivity index (χ1n) is 8.52. The van der Waals surface area contributed by atoms with Crippen LogP contribution in [0.5, 0.6) is 0 Å². The van der Waals surface area contributed by atoms with Crippen molar-refractivity contribution in [2.24, 2.45) is 4.99 Å². The molecule has 1 aromatic rings. The maximum atomic E-state index is 13.6. The lowest BCUT2D eigenvalue weighted by atomic mass is 9.85. The molecule has 4 nitrogen and oxygen atoms in total. The van der Waals surface area contributed by atoms with E-state index in [2.05, 4.69) is 15.6 Å². The number of aryl methyl sites for hydroxylation is 1. The molecule has 1 saturated carbocycles. The van der Waals surface area contributed by atoms with Crippen LogP contribution in [0.2, 0.25) is 0 Å². The molecule has 136 valence electrons. The van der Waals surface area contributed by atoms with E-state index in [0.717, 1.165) is 37.8 Å². The third-order valence-electron chi connectivity index (χ3n) is 4.37. The first kappa shape index (κ1) is 21.2. The van der Waals surface area contributed by atoms with Gasteiger partial charge < -0.3 is 15.7 Å². The average Bonchev–Trinajstić information content (AvgIpc) is 2.54. The zero-order chi connectivity index (χ0) is 16.7. The predicted molar refractivity (Wildman–Crippen MR) is 107 cm³/mol. The lowest BCUT2D eigenvalue weighted by molar-refractivity contribution is 0.00859. The second-order valence-corrected chi connectivity index (χ2v) is 6.42. The molecule has 1 aliphatic rings. The molecule has 0 bridgehead atoms. The molecule has 0 atom stereocenters. The monoisotopic (exact) mass is 449 g/mol. The highest BCUT2D eigenvalue weighted by Gasteiger charge is 2.29. The van der Waals surface area contributed by atoms with Crippen LogP contribution >= 0.6 is 24.0 Å². The average molecular weight is 449 g/mol. The Morgan fingerprint density at radius 2 is 1.96 bits per heavy atom. The lowest BCUT2D eigenvalue weighted by Crippen LogP contribution is -2.48. The highest BCUT2D eigenvalue weighted by atomic mass is 127. The minimum absolute atomic E-state index is 0. The standard InChI is InChI=1S/C18H28FN3O.HI/c1-3-20-17(22-13-18(23)9-5-4-6-10-18)21-12-15-8-7-14(2)16(19)11-15;/h7-8,11,23H,3-6,9-10,12-13H2,1-2H3,(H2,20,21,22);1H. The number of benzene rings is 1. The molecule has 0 heterocycles. The zero-order valence-corrected chi connectivity index (χ0v) is 16.9. The van der Waals surface area contributed by atoms with Crippen molar-refractivity contribution in [3.8, 4) is 0 Å². The second kappa shape index (κ2) is 10.2. The molecule has 3 N–H and O–H groups in total. The fraction of sp³-hybridized carbons (Fsp3) is 0.611. The summed E-state index contributed by atoms with van der Waals surface area (Å²) >= 11 is 0. The maximum absolute atomic E-state index is 13.6. The van der Waals surface area contributed by atoms with E-state index in [1.165, 1.54) is 12.5 Å². The quantitative estimate of drug-likeness (QED) is 0.367. The molecule has 1 aliphatic carbocycles. The minimum atomic E-state index is -0.635. The summed E-state index contributed by atoms with van der Waals surface area (Å²) in [5.41, 5.74) is 0.841. The Bertz CT molecular complexity index is 545. The number of aliphatic imine (C=N–C) groups is 1. The number of guanidine groups is 1. The molecule has 0 aliphatic heterocycles. The van der Waals surface area contributed by atoms with Gasteiger partial charge >= 0.3 is 0 Å². The molecule has 0 radical (unpaired) electrons. The fourth-order valence-corrected chi connectivity index (χ4v) is 2.88. The van der Waals surface area contributed by atoms with Gasteiger partial charge in [0.25, 0.3) is 0 Å². The van der Waals surface area contributed by atoms with E-state index in [0.29, 0.717) is 24.6 Å². The van der Waals surface area contributed by atoms with E-state index in [1.54, 1.807) is 13.0 Å². The van der Waals surface area contributed by atoms with Crippen molar-refractivity contribution in [2.75, 3.05) is 13.1 Å². The summed E-state index contributed by atoms with van der Waals surface area (Å²) in [4.78, 5) is 4.49. The van der Waals surface area contributed by atoms with E-state index in [1.807, 2.05) is 13.0 Å². The smallest absolute Gasteiger partial charge is 0.191 e.